The number of thioether (sulfide) groups is 1. The molecular weight excluding hydrogens is 333 g/mol. The lowest BCUT2D eigenvalue weighted by atomic mass is 10.1. The third kappa shape index (κ3) is 5.49. The Hall–Kier alpha value is -0.400. The SMILES string of the molecule is C[C@@H](O)c1ccc(Br)cc1OCCSC(F)(F)F. The molecule has 1 rings (SSSR count). The van der Waals surface area contributed by atoms with Crippen LogP contribution in [0.2, 0.25) is 0 Å². The van der Waals surface area contributed by atoms with Crippen LogP contribution in [0.5, 0.6) is 5.75 Å². The molecule has 0 unspecified atom stereocenters. The predicted molar refractivity (Wildman–Crippen MR) is 68.8 cm³/mol. The van der Waals surface area contributed by atoms with Gasteiger partial charge in [-0.3, -0.25) is 0 Å². The second kappa shape index (κ2) is 6.68. The molecule has 0 fully saturated rings. The Morgan fingerprint density at radius 1 is 1.44 bits per heavy atom. The van der Waals surface area contributed by atoms with E-state index in [1.54, 1.807) is 25.1 Å². The Morgan fingerprint density at radius 3 is 2.67 bits per heavy atom. The molecule has 0 heterocycles. The number of aliphatic hydroxyl groups excluding tert-OH is 1. The monoisotopic (exact) mass is 344 g/mol. The topological polar surface area (TPSA) is 29.5 Å². The second-order valence-electron chi connectivity index (χ2n) is 3.50. The van der Waals surface area contributed by atoms with Crippen LogP contribution >= 0.6 is 27.7 Å². The Morgan fingerprint density at radius 2 is 2.11 bits per heavy atom. The van der Waals surface area contributed by atoms with Crippen molar-refractivity contribution in [2.45, 2.75) is 18.5 Å². The molecule has 0 aromatic heterocycles. The first-order valence-electron chi connectivity index (χ1n) is 5.10. The molecule has 102 valence electrons. The molecule has 1 aromatic carbocycles. The fourth-order valence-electron chi connectivity index (χ4n) is 1.29. The van der Waals surface area contributed by atoms with Gasteiger partial charge in [0.15, 0.2) is 0 Å². The maximum Gasteiger partial charge on any atom is 0.441 e. The molecule has 0 aliphatic heterocycles. The van der Waals surface area contributed by atoms with Gasteiger partial charge in [-0.05, 0) is 30.8 Å². The van der Waals surface area contributed by atoms with Crippen molar-refractivity contribution in [1.82, 2.24) is 0 Å². The summed E-state index contributed by atoms with van der Waals surface area (Å²) in [5.74, 6) is 0.206. The maximum atomic E-state index is 11.9. The van der Waals surface area contributed by atoms with Gasteiger partial charge in [-0.25, -0.2) is 0 Å². The summed E-state index contributed by atoms with van der Waals surface area (Å²) in [6.07, 6.45) is -0.733. The van der Waals surface area contributed by atoms with E-state index >= 15 is 0 Å². The number of hydrogen-bond donors (Lipinski definition) is 1. The summed E-state index contributed by atoms with van der Waals surface area (Å²) in [7, 11) is 0. The van der Waals surface area contributed by atoms with E-state index in [0.29, 0.717) is 11.3 Å². The van der Waals surface area contributed by atoms with E-state index in [1.807, 2.05) is 0 Å². The Balaban J connectivity index is 2.58. The number of ether oxygens (including phenoxy) is 1. The zero-order chi connectivity index (χ0) is 13.8. The van der Waals surface area contributed by atoms with Crippen molar-refractivity contribution in [2.24, 2.45) is 0 Å². The van der Waals surface area contributed by atoms with Gasteiger partial charge in [-0.15, -0.1) is 0 Å². The average Bonchev–Trinajstić information content (AvgIpc) is 2.22. The van der Waals surface area contributed by atoms with Crippen LogP contribution < -0.4 is 4.74 Å². The third-order valence-electron chi connectivity index (χ3n) is 2.03. The summed E-state index contributed by atoms with van der Waals surface area (Å²) in [6, 6.07) is 5.03. The lowest BCUT2D eigenvalue weighted by Crippen LogP contribution is -2.08. The van der Waals surface area contributed by atoms with Gasteiger partial charge in [0.05, 0.1) is 12.7 Å². The van der Waals surface area contributed by atoms with E-state index in [4.69, 9.17) is 4.74 Å². The smallest absolute Gasteiger partial charge is 0.441 e. The van der Waals surface area contributed by atoms with Gasteiger partial charge in [0.1, 0.15) is 5.75 Å². The first-order valence-corrected chi connectivity index (χ1v) is 6.88. The Kier molecular flexibility index (Phi) is 5.81. The quantitative estimate of drug-likeness (QED) is 0.814. The highest BCUT2D eigenvalue weighted by molar-refractivity contribution is 9.10. The molecule has 18 heavy (non-hydrogen) atoms. The van der Waals surface area contributed by atoms with E-state index in [1.165, 1.54) is 0 Å². The van der Waals surface area contributed by atoms with Crippen LogP contribution in [0, 0.1) is 0 Å². The normalized spacial score (nSPS) is 13.4. The molecule has 0 aliphatic rings. The van der Waals surface area contributed by atoms with E-state index in [9.17, 15) is 18.3 Å². The zero-order valence-electron chi connectivity index (χ0n) is 9.50. The molecule has 1 aromatic rings. The Labute approximate surface area is 116 Å². The van der Waals surface area contributed by atoms with Crippen LogP contribution in [0.3, 0.4) is 0 Å². The highest BCUT2D eigenvalue weighted by atomic mass is 79.9. The van der Waals surface area contributed by atoms with Crippen LogP contribution in [0.25, 0.3) is 0 Å². The van der Waals surface area contributed by atoms with Crippen LogP contribution in [0.15, 0.2) is 22.7 Å². The van der Waals surface area contributed by atoms with Crippen molar-refractivity contribution >= 4 is 27.7 Å². The third-order valence-corrected chi connectivity index (χ3v) is 3.22. The molecule has 0 saturated heterocycles. The lowest BCUT2D eigenvalue weighted by molar-refractivity contribution is -0.0329. The molecule has 0 aliphatic carbocycles. The van der Waals surface area contributed by atoms with E-state index < -0.39 is 11.6 Å². The highest BCUT2D eigenvalue weighted by Gasteiger charge is 2.27. The summed E-state index contributed by atoms with van der Waals surface area (Å²) >= 11 is 3.11. The van der Waals surface area contributed by atoms with Crippen molar-refractivity contribution < 1.29 is 23.0 Å². The molecule has 0 radical (unpaired) electrons. The van der Waals surface area contributed by atoms with Crippen molar-refractivity contribution in [3.05, 3.63) is 28.2 Å². The molecule has 1 atom stereocenters. The van der Waals surface area contributed by atoms with Gasteiger partial charge < -0.3 is 9.84 Å². The number of halogens is 4. The van der Waals surface area contributed by atoms with Gasteiger partial charge in [0.25, 0.3) is 0 Å². The maximum absolute atomic E-state index is 11.9. The van der Waals surface area contributed by atoms with E-state index in [0.717, 1.165) is 4.47 Å². The molecule has 0 saturated carbocycles. The molecule has 0 spiro atoms. The minimum atomic E-state index is -4.24. The molecular formula is C11H12BrF3O2S. The van der Waals surface area contributed by atoms with Crippen molar-refractivity contribution in [3.63, 3.8) is 0 Å². The van der Waals surface area contributed by atoms with E-state index in [-0.39, 0.29) is 24.1 Å². The molecule has 0 bridgehead atoms. The summed E-state index contributed by atoms with van der Waals surface area (Å²) in [5.41, 5.74) is -3.69. The number of rotatable bonds is 5. The second-order valence-corrected chi connectivity index (χ2v) is 5.58. The highest BCUT2D eigenvalue weighted by Crippen LogP contribution is 2.31. The van der Waals surface area contributed by atoms with Crippen molar-refractivity contribution in [3.8, 4) is 5.75 Å². The minimum absolute atomic E-state index is 0.0691. The van der Waals surface area contributed by atoms with Gasteiger partial charge in [0, 0.05) is 15.8 Å². The van der Waals surface area contributed by atoms with E-state index in [2.05, 4.69) is 15.9 Å². The number of hydrogen-bond acceptors (Lipinski definition) is 3. The fraction of sp³-hybridized carbons (Fsp3) is 0.455. The molecule has 2 nitrogen and oxygen atoms in total. The molecule has 7 heteroatoms. The Bertz CT molecular complexity index is 396. The first kappa shape index (κ1) is 15.7. The summed E-state index contributed by atoms with van der Waals surface area (Å²) in [5, 5.41) is 9.50. The van der Waals surface area contributed by atoms with Crippen molar-refractivity contribution in [2.75, 3.05) is 12.4 Å². The van der Waals surface area contributed by atoms with Crippen LogP contribution in [0.4, 0.5) is 13.2 Å². The fourth-order valence-corrected chi connectivity index (χ4v) is 2.03. The zero-order valence-corrected chi connectivity index (χ0v) is 11.9. The minimum Gasteiger partial charge on any atom is -0.492 e. The molecule has 0 amide bonds. The van der Waals surface area contributed by atoms with Crippen LogP contribution in [0.1, 0.15) is 18.6 Å². The largest absolute Gasteiger partial charge is 0.492 e. The summed E-state index contributed by atoms with van der Waals surface area (Å²) in [4.78, 5) is 0. The van der Waals surface area contributed by atoms with Gasteiger partial charge in [-0.2, -0.15) is 13.2 Å². The average molecular weight is 345 g/mol. The standard InChI is InChI=1S/C11H12BrF3O2S/c1-7(16)9-3-2-8(12)6-10(9)17-4-5-18-11(13,14)15/h2-3,6-7,16H,4-5H2,1H3/t7-/m1/s1. The van der Waals surface area contributed by atoms with Gasteiger partial charge in [0.2, 0.25) is 0 Å². The van der Waals surface area contributed by atoms with Crippen molar-refractivity contribution in [1.29, 1.82) is 0 Å². The number of benzene rings is 1. The number of alkyl halides is 3. The van der Waals surface area contributed by atoms with Crippen LogP contribution in [-0.4, -0.2) is 23.0 Å². The van der Waals surface area contributed by atoms with Gasteiger partial charge in [-0.1, -0.05) is 22.0 Å². The molecule has 1 N–H and O–H groups in total. The van der Waals surface area contributed by atoms with Crippen LogP contribution in [-0.2, 0) is 0 Å². The lowest BCUT2D eigenvalue weighted by Gasteiger charge is -2.14. The van der Waals surface area contributed by atoms with Gasteiger partial charge >= 0.3 is 5.51 Å². The summed E-state index contributed by atoms with van der Waals surface area (Å²) in [6.45, 7) is 1.50. The first-order chi connectivity index (χ1) is 8.29. The summed E-state index contributed by atoms with van der Waals surface area (Å²) < 4.78 is 41.7. The predicted octanol–water partition coefficient (Wildman–Crippen LogP) is 4.13. The number of aliphatic hydroxyl groups is 1.